The molecule has 0 aliphatic carbocycles. The fourth-order valence-electron chi connectivity index (χ4n) is 2.61. The van der Waals surface area contributed by atoms with E-state index in [0.717, 1.165) is 28.8 Å². The Morgan fingerprint density at radius 1 is 1.04 bits per heavy atom. The van der Waals surface area contributed by atoms with Crippen LogP contribution in [-0.4, -0.2) is 17.5 Å². The summed E-state index contributed by atoms with van der Waals surface area (Å²) in [6, 6.07) is 13.9. The number of rotatable bonds is 6. The predicted octanol–water partition coefficient (Wildman–Crippen LogP) is 3.95. The molecule has 0 aliphatic rings. The molecule has 1 aromatic heterocycles. The molecule has 138 valence electrons. The third kappa shape index (κ3) is 4.88. The monoisotopic (exact) mass is 368 g/mol. The Morgan fingerprint density at radius 2 is 1.70 bits per heavy atom. The highest BCUT2D eigenvalue weighted by atomic mass is 19.1. The van der Waals surface area contributed by atoms with Crippen LogP contribution in [0.1, 0.15) is 22.7 Å². The Labute approximate surface area is 155 Å². The highest BCUT2D eigenvalue weighted by Gasteiger charge is 2.17. The molecule has 4 nitrogen and oxygen atoms in total. The number of carbonyl (C=O) groups excluding carboxylic acids is 1. The second-order valence-corrected chi connectivity index (χ2v) is 6.06. The average molecular weight is 368 g/mol. The molecular weight excluding hydrogens is 350 g/mol. The van der Waals surface area contributed by atoms with E-state index in [0.29, 0.717) is 6.07 Å². The van der Waals surface area contributed by atoms with Crippen LogP contribution in [0.5, 0.6) is 5.75 Å². The van der Waals surface area contributed by atoms with Gasteiger partial charge in [-0.3, -0.25) is 9.78 Å². The van der Waals surface area contributed by atoms with Gasteiger partial charge in [0.1, 0.15) is 5.82 Å². The number of hydrogen-bond donors (Lipinski definition) is 1. The van der Waals surface area contributed by atoms with Crippen molar-refractivity contribution in [2.24, 2.45) is 0 Å². The Morgan fingerprint density at radius 3 is 2.37 bits per heavy atom. The van der Waals surface area contributed by atoms with E-state index in [2.05, 4.69) is 10.3 Å². The van der Waals surface area contributed by atoms with Gasteiger partial charge in [0, 0.05) is 18.5 Å². The SMILES string of the molecule is Cc1ccc([C@H](NC(=O)COc2ccc(F)cc2F)c2ccncc2)cc1. The van der Waals surface area contributed by atoms with Crippen molar-refractivity contribution >= 4 is 5.91 Å². The second kappa shape index (κ2) is 8.40. The normalized spacial score (nSPS) is 11.7. The molecule has 0 spiro atoms. The Kier molecular flexibility index (Phi) is 5.76. The zero-order valence-corrected chi connectivity index (χ0v) is 14.7. The van der Waals surface area contributed by atoms with E-state index in [1.807, 2.05) is 43.3 Å². The zero-order chi connectivity index (χ0) is 19.2. The van der Waals surface area contributed by atoms with Crippen molar-refractivity contribution in [3.05, 3.63) is 95.3 Å². The molecule has 3 rings (SSSR count). The first-order valence-corrected chi connectivity index (χ1v) is 8.36. The van der Waals surface area contributed by atoms with Crippen molar-refractivity contribution in [1.82, 2.24) is 10.3 Å². The molecule has 1 N–H and O–H groups in total. The number of pyridine rings is 1. The van der Waals surface area contributed by atoms with Crippen molar-refractivity contribution in [3.63, 3.8) is 0 Å². The standard InChI is InChI=1S/C21H18F2N2O2/c1-14-2-4-15(5-3-14)21(16-8-10-24-11-9-16)25-20(26)13-27-19-7-6-17(22)12-18(19)23/h2-12,21H,13H2,1H3,(H,25,26)/t21-/m0/s1. The third-order valence-corrected chi connectivity index (χ3v) is 4.01. The van der Waals surface area contributed by atoms with Gasteiger partial charge in [0.25, 0.3) is 5.91 Å². The molecule has 2 aromatic carbocycles. The number of benzene rings is 2. The lowest BCUT2D eigenvalue weighted by Crippen LogP contribution is -2.33. The molecular formula is C21H18F2N2O2. The van der Waals surface area contributed by atoms with Gasteiger partial charge in [-0.15, -0.1) is 0 Å². The van der Waals surface area contributed by atoms with Crippen LogP contribution < -0.4 is 10.1 Å². The highest BCUT2D eigenvalue weighted by Crippen LogP contribution is 2.22. The summed E-state index contributed by atoms with van der Waals surface area (Å²) in [5.41, 5.74) is 2.86. The summed E-state index contributed by atoms with van der Waals surface area (Å²) in [7, 11) is 0. The topological polar surface area (TPSA) is 51.2 Å². The van der Waals surface area contributed by atoms with Crippen molar-refractivity contribution in [2.75, 3.05) is 6.61 Å². The van der Waals surface area contributed by atoms with Crippen LogP contribution in [0.3, 0.4) is 0 Å². The minimum absolute atomic E-state index is 0.178. The average Bonchev–Trinajstić information content (AvgIpc) is 2.67. The van der Waals surface area contributed by atoms with Gasteiger partial charge in [0.15, 0.2) is 18.2 Å². The zero-order valence-electron chi connectivity index (χ0n) is 14.7. The van der Waals surface area contributed by atoms with Gasteiger partial charge in [0.2, 0.25) is 0 Å². The maximum Gasteiger partial charge on any atom is 0.258 e. The Balaban J connectivity index is 1.73. The molecule has 1 amide bonds. The molecule has 0 saturated carbocycles. The van der Waals surface area contributed by atoms with Crippen molar-refractivity contribution in [3.8, 4) is 5.75 Å². The predicted molar refractivity (Wildman–Crippen MR) is 97.3 cm³/mol. The van der Waals surface area contributed by atoms with E-state index in [-0.39, 0.29) is 5.75 Å². The smallest absolute Gasteiger partial charge is 0.258 e. The van der Waals surface area contributed by atoms with Crippen LogP contribution in [0.4, 0.5) is 8.78 Å². The minimum Gasteiger partial charge on any atom is -0.481 e. The molecule has 0 radical (unpaired) electrons. The van der Waals surface area contributed by atoms with Gasteiger partial charge in [-0.1, -0.05) is 29.8 Å². The van der Waals surface area contributed by atoms with Crippen LogP contribution in [0, 0.1) is 18.6 Å². The lowest BCUT2D eigenvalue weighted by molar-refractivity contribution is -0.123. The van der Waals surface area contributed by atoms with Crippen LogP contribution in [0.25, 0.3) is 0 Å². The number of carbonyl (C=O) groups is 1. The van der Waals surface area contributed by atoms with E-state index < -0.39 is 30.2 Å². The van der Waals surface area contributed by atoms with Gasteiger partial charge in [-0.25, -0.2) is 8.78 Å². The molecule has 0 bridgehead atoms. The number of ether oxygens (including phenoxy) is 1. The summed E-state index contributed by atoms with van der Waals surface area (Å²) < 4.78 is 31.7. The van der Waals surface area contributed by atoms with Crippen molar-refractivity contribution in [1.29, 1.82) is 0 Å². The molecule has 27 heavy (non-hydrogen) atoms. The second-order valence-electron chi connectivity index (χ2n) is 6.06. The number of aryl methyl sites for hydroxylation is 1. The van der Waals surface area contributed by atoms with Gasteiger partial charge in [0.05, 0.1) is 6.04 Å². The molecule has 3 aromatic rings. The molecule has 0 saturated heterocycles. The summed E-state index contributed by atoms with van der Waals surface area (Å²) in [4.78, 5) is 16.4. The summed E-state index contributed by atoms with van der Waals surface area (Å²) >= 11 is 0. The van der Waals surface area contributed by atoms with E-state index in [1.165, 1.54) is 0 Å². The first-order valence-electron chi connectivity index (χ1n) is 8.36. The lowest BCUT2D eigenvalue weighted by atomic mass is 9.98. The molecule has 1 atom stereocenters. The first kappa shape index (κ1) is 18.5. The summed E-state index contributed by atoms with van der Waals surface area (Å²) in [5, 5.41) is 2.88. The molecule has 0 fully saturated rings. The van der Waals surface area contributed by atoms with Gasteiger partial charge in [-0.05, 0) is 42.3 Å². The van der Waals surface area contributed by atoms with Gasteiger partial charge < -0.3 is 10.1 Å². The summed E-state index contributed by atoms with van der Waals surface area (Å²) in [6.45, 7) is 1.59. The van der Waals surface area contributed by atoms with Crippen molar-refractivity contribution < 1.29 is 18.3 Å². The van der Waals surface area contributed by atoms with Crippen molar-refractivity contribution in [2.45, 2.75) is 13.0 Å². The summed E-state index contributed by atoms with van der Waals surface area (Å²) in [5.74, 6) is -2.17. The molecule has 0 aliphatic heterocycles. The summed E-state index contributed by atoms with van der Waals surface area (Å²) in [6.07, 6.45) is 3.29. The van der Waals surface area contributed by atoms with E-state index in [1.54, 1.807) is 12.4 Å². The van der Waals surface area contributed by atoms with E-state index in [4.69, 9.17) is 4.74 Å². The van der Waals surface area contributed by atoms with E-state index in [9.17, 15) is 13.6 Å². The Bertz CT molecular complexity index is 915. The fourth-order valence-corrected chi connectivity index (χ4v) is 2.61. The largest absolute Gasteiger partial charge is 0.481 e. The van der Waals surface area contributed by atoms with E-state index >= 15 is 0 Å². The Hall–Kier alpha value is -3.28. The van der Waals surface area contributed by atoms with Crippen LogP contribution in [0.15, 0.2) is 67.0 Å². The number of hydrogen-bond acceptors (Lipinski definition) is 3. The van der Waals surface area contributed by atoms with Gasteiger partial charge in [-0.2, -0.15) is 0 Å². The highest BCUT2D eigenvalue weighted by molar-refractivity contribution is 5.78. The van der Waals surface area contributed by atoms with Crippen LogP contribution >= 0.6 is 0 Å². The molecule has 0 unspecified atom stereocenters. The molecule has 6 heteroatoms. The maximum atomic E-state index is 13.6. The number of nitrogens with one attached hydrogen (secondary N) is 1. The maximum absolute atomic E-state index is 13.6. The molecule has 1 heterocycles. The fraction of sp³-hybridized carbons (Fsp3) is 0.143. The number of amides is 1. The quantitative estimate of drug-likeness (QED) is 0.717. The van der Waals surface area contributed by atoms with Gasteiger partial charge >= 0.3 is 0 Å². The minimum atomic E-state index is -0.855. The lowest BCUT2D eigenvalue weighted by Gasteiger charge is -2.20. The number of halogens is 2. The third-order valence-electron chi connectivity index (χ3n) is 4.01. The van der Waals surface area contributed by atoms with Crippen LogP contribution in [0.2, 0.25) is 0 Å². The van der Waals surface area contributed by atoms with Crippen LogP contribution in [-0.2, 0) is 4.79 Å². The first-order chi connectivity index (χ1) is 13.0. The number of nitrogens with zero attached hydrogens (tertiary/aromatic N) is 1. The number of aromatic nitrogens is 1.